The number of fused-ring (bicyclic) bond motifs is 1. The molecule has 15 heavy (non-hydrogen) atoms. The van der Waals surface area contributed by atoms with Crippen molar-refractivity contribution in [3.63, 3.8) is 0 Å². The van der Waals surface area contributed by atoms with Crippen molar-refractivity contribution in [2.24, 2.45) is 0 Å². The summed E-state index contributed by atoms with van der Waals surface area (Å²) < 4.78 is 5.29. The Bertz CT molecular complexity index is 354. The molecule has 5 nitrogen and oxygen atoms in total. The van der Waals surface area contributed by atoms with Crippen LogP contribution in [0.1, 0.15) is 17.5 Å². The number of aliphatic carboxylic acids is 1. The molecule has 1 unspecified atom stereocenters. The average molecular weight is 228 g/mol. The van der Waals surface area contributed by atoms with E-state index in [0.29, 0.717) is 18.3 Å². The summed E-state index contributed by atoms with van der Waals surface area (Å²) in [6.45, 7) is 2.89. The second kappa shape index (κ2) is 4.16. The number of thiazole rings is 1. The van der Waals surface area contributed by atoms with Crippen LogP contribution >= 0.6 is 11.3 Å². The molecule has 0 aromatic carbocycles. The van der Waals surface area contributed by atoms with Crippen LogP contribution < -0.4 is 5.32 Å². The Balaban J connectivity index is 2.09. The molecule has 0 fully saturated rings. The molecule has 0 spiro atoms. The van der Waals surface area contributed by atoms with E-state index in [1.807, 2.05) is 0 Å². The van der Waals surface area contributed by atoms with Gasteiger partial charge in [0.1, 0.15) is 6.04 Å². The van der Waals surface area contributed by atoms with Crippen LogP contribution in [0.5, 0.6) is 0 Å². The monoisotopic (exact) mass is 228 g/mol. The minimum atomic E-state index is -0.876. The Labute approximate surface area is 91.1 Å². The van der Waals surface area contributed by atoms with Crippen LogP contribution in [0.3, 0.4) is 0 Å². The number of aromatic nitrogens is 1. The number of ether oxygens (including phenoxy) is 1. The summed E-state index contributed by atoms with van der Waals surface area (Å²) >= 11 is 1.47. The van der Waals surface area contributed by atoms with E-state index < -0.39 is 12.0 Å². The normalized spacial score (nSPS) is 16.9. The lowest BCUT2D eigenvalue weighted by Gasteiger charge is -2.08. The van der Waals surface area contributed by atoms with Gasteiger partial charge in [-0.05, 0) is 6.92 Å². The van der Waals surface area contributed by atoms with Gasteiger partial charge in [-0.2, -0.15) is 0 Å². The van der Waals surface area contributed by atoms with Crippen LogP contribution in [-0.4, -0.2) is 28.7 Å². The summed E-state index contributed by atoms with van der Waals surface area (Å²) in [6.07, 6.45) is 0.814. The molecule has 2 heterocycles. The molecule has 0 amide bonds. The number of hydrogen-bond acceptors (Lipinski definition) is 5. The number of anilines is 1. The zero-order valence-corrected chi connectivity index (χ0v) is 9.13. The van der Waals surface area contributed by atoms with Gasteiger partial charge in [-0.1, -0.05) is 11.3 Å². The number of carbonyl (C=O) groups is 1. The molecule has 0 radical (unpaired) electrons. The van der Waals surface area contributed by atoms with Crippen LogP contribution in [0.25, 0.3) is 0 Å². The van der Waals surface area contributed by atoms with Gasteiger partial charge in [0.05, 0.1) is 23.8 Å². The van der Waals surface area contributed by atoms with Gasteiger partial charge in [-0.25, -0.2) is 4.98 Å². The fourth-order valence-corrected chi connectivity index (χ4v) is 2.37. The third-order valence-electron chi connectivity index (χ3n) is 2.21. The van der Waals surface area contributed by atoms with Gasteiger partial charge < -0.3 is 15.2 Å². The maximum absolute atomic E-state index is 10.6. The van der Waals surface area contributed by atoms with Crippen LogP contribution in [0.4, 0.5) is 5.13 Å². The lowest BCUT2D eigenvalue weighted by molar-refractivity contribution is -0.137. The molecule has 0 saturated carbocycles. The van der Waals surface area contributed by atoms with Gasteiger partial charge in [0.2, 0.25) is 0 Å². The highest BCUT2D eigenvalue weighted by atomic mass is 32.1. The van der Waals surface area contributed by atoms with Crippen LogP contribution in [0.15, 0.2) is 0 Å². The number of carboxylic acid groups (broad SMARTS) is 1. The Morgan fingerprint density at radius 3 is 3.20 bits per heavy atom. The maximum atomic E-state index is 10.6. The Morgan fingerprint density at radius 1 is 1.73 bits per heavy atom. The summed E-state index contributed by atoms with van der Waals surface area (Å²) in [5.41, 5.74) is 1.03. The van der Waals surface area contributed by atoms with Crippen molar-refractivity contribution in [2.45, 2.75) is 26.0 Å². The van der Waals surface area contributed by atoms with Crippen molar-refractivity contribution in [3.8, 4) is 0 Å². The van der Waals surface area contributed by atoms with Gasteiger partial charge in [0.15, 0.2) is 5.13 Å². The van der Waals surface area contributed by atoms with E-state index in [9.17, 15) is 4.79 Å². The zero-order chi connectivity index (χ0) is 10.8. The summed E-state index contributed by atoms with van der Waals surface area (Å²) in [6, 6.07) is -0.612. The molecule has 2 rings (SSSR count). The Kier molecular flexibility index (Phi) is 2.88. The van der Waals surface area contributed by atoms with Crippen molar-refractivity contribution in [3.05, 3.63) is 10.6 Å². The summed E-state index contributed by atoms with van der Waals surface area (Å²) in [7, 11) is 0. The third-order valence-corrected chi connectivity index (χ3v) is 3.21. The lowest BCUT2D eigenvalue weighted by Crippen LogP contribution is -2.25. The van der Waals surface area contributed by atoms with Crippen molar-refractivity contribution in [2.75, 3.05) is 11.9 Å². The number of hydrogen-bond donors (Lipinski definition) is 2. The van der Waals surface area contributed by atoms with Gasteiger partial charge in [-0.3, -0.25) is 4.79 Å². The first-order valence-corrected chi connectivity index (χ1v) is 5.54. The van der Waals surface area contributed by atoms with E-state index in [-0.39, 0.29) is 0 Å². The largest absolute Gasteiger partial charge is 0.480 e. The quantitative estimate of drug-likeness (QED) is 0.810. The summed E-state index contributed by atoms with van der Waals surface area (Å²) in [4.78, 5) is 16.1. The smallest absolute Gasteiger partial charge is 0.325 e. The van der Waals surface area contributed by atoms with E-state index in [2.05, 4.69) is 10.3 Å². The molecule has 6 heteroatoms. The minimum Gasteiger partial charge on any atom is -0.480 e. The highest BCUT2D eigenvalue weighted by Gasteiger charge is 2.18. The fourth-order valence-electron chi connectivity index (χ4n) is 1.33. The molecule has 1 aliphatic heterocycles. The number of carboxylic acids is 1. The molecule has 82 valence electrons. The number of nitrogens with one attached hydrogen (secondary N) is 1. The topological polar surface area (TPSA) is 71.5 Å². The van der Waals surface area contributed by atoms with Crippen LogP contribution in [-0.2, 0) is 22.6 Å². The van der Waals surface area contributed by atoms with Crippen molar-refractivity contribution < 1.29 is 14.6 Å². The van der Waals surface area contributed by atoms with Crippen molar-refractivity contribution in [1.82, 2.24) is 4.98 Å². The van der Waals surface area contributed by atoms with E-state index in [1.165, 1.54) is 11.3 Å². The zero-order valence-electron chi connectivity index (χ0n) is 8.32. The molecule has 2 N–H and O–H groups in total. The van der Waals surface area contributed by atoms with Crippen LogP contribution in [0.2, 0.25) is 0 Å². The first-order chi connectivity index (χ1) is 7.16. The first kappa shape index (κ1) is 10.4. The second-order valence-corrected chi connectivity index (χ2v) is 4.48. The van der Waals surface area contributed by atoms with Gasteiger partial charge >= 0.3 is 5.97 Å². The first-order valence-electron chi connectivity index (χ1n) is 4.72. The second-order valence-electron chi connectivity index (χ2n) is 3.40. The molecule has 0 bridgehead atoms. The molecular weight excluding hydrogens is 216 g/mol. The molecule has 1 atom stereocenters. The highest BCUT2D eigenvalue weighted by Crippen LogP contribution is 2.27. The van der Waals surface area contributed by atoms with Crippen molar-refractivity contribution in [1.29, 1.82) is 0 Å². The Hall–Kier alpha value is -1.14. The van der Waals surface area contributed by atoms with E-state index in [1.54, 1.807) is 6.92 Å². The molecule has 1 aromatic heterocycles. The Morgan fingerprint density at radius 2 is 2.53 bits per heavy atom. The SMILES string of the molecule is CC(Nc1nc2c(s1)COCC2)C(=O)O. The molecule has 0 aliphatic carbocycles. The molecule has 1 aromatic rings. The average Bonchev–Trinajstić information content (AvgIpc) is 2.59. The number of rotatable bonds is 3. The van der Waals surface area contributed by atoms with E-state index in [0.717, 1.165) is 17.0 Å². The molecule has 1 aliphatic rings. The molecular formula is C9H12N2O3S. The van der Waals surface area contributed by atoms with Crippen LogP contribution in [0, 0.1) is 0 Å². The van der Waals surface area contributed by atoms with E-state index >= 15 is 0 Å². The summed E-state index contributed by atoms with van der Waals surface area (Å²) in [5, 5.41) is 12.3. The summed E-state index contributed by atoms with van der Waals surface area (Å²) in [5.74, 6) is -0.876. The predicted octanol–water partition coefficient (Wildman–Crippen LogP) is 1.10. The van der Waals surface area contributed by atoms with Gasteiger partial charge in [0, 0.05) is 6.42 Å². The van der Waals surface area contributed by atoms with Gasteiger partial charge in [-0.15, -0.1) is 0 Å². The number of nitrogens with zero attached hydrogens (tertiary/aromatic N) is 1. The fraction of sp³-hybridized carbons (Fsp3) is 0.556. The van der Waals surface area contributed by atoms with Crippen molar-refractivity contribution >= 4 is 22.4 Å². The van der Waals surface area contributed by atoms with E-state index in [4.69, 9.17) is 9.84 Å². The highest BCUT2D eigenvalue weighted by molar-refractivity contribution is 7.15. The molecule has 0 saturated heterocycles. The van der Waals surface area contributed by atoms with Gasteiger partial charge in [0.25, 0.3) is 0 Å². The lowest BCUT2D eigenvalue weighted by atomic mass is 10.2. The third kappa shape index (κ3) is 2.27. The minimum absolute atomic E-state index is 0.593. The standard InChI is InChI=1S/C9H12N2O3S/c1-5(8(12)13)10-9-11-6-2-3-14-4-7(6)15-9/h5H,2-4H2,1H3,(H,10,11)(H,12,13). The maximum Gasteiger partial charge on any atom is 0.325 e. The predicted molar refractivity (Wildman–Crippen MR) is 56.2 cm³/mol.